The summed E-state index contributed by atoms with van der Waals surface area (Å²) < 4.78 is 5.69. The Kier molecular flexibility index (Phi) is 3.57. The fourth-order valence-corrected chi connectivity index (χ4v) is 1.96. The normalized spacial score (nSPS) is 29.2. The fourth-order valence-electron chi connectivity index (χ4n) is 1.96. The molecule has 0 aromatic rings. The molecule has 0 N–H and O–H groups in total. The van der Waals surface area contributed by atoms with Crippen molar-refractivity contribution in [3.63, 3.8) is 0 Å². The van der Waals surface area contributed by atoms with Crippen LogP contribution in [0.5, 0.6) is 0 Å². The molecule has 1 fully saturated rings. The molecule has 72 valence electrons. The molecule has 1 heterocycles. The molecule has 0 spiro atoms. The van der Waals surface area contributed by atoms with Gasteiger partial charge in [-0.15, -0.1) is 0 Å². The molecular weight excluding hydrogens is 148 g/mol. The second kappa shape index (κ2) is 4.27. The van der Waals surface area contributed by atoms with E-state index in [-0.39, 0.29) is 0 Å². The zero-order valence-corrected chi connectivity index (χ0v) is 8.84. The Hall–Kier alpha value is -0.0400. The number of hydrogen-bond acceptors (Lipinski definition) is 1. The average molecular weight is 170 g/mol. The Morgan fingerprint density at radius 1 is 1.17 bits per heavy atom. The van der Waals surface area contributed by atoms with Crippen LogP contribution in [0.2, 0.25) is 0 Å². The highest BCUT2D eigenvalue weighted by molar-refractivity contribution is 4.76. The SMILES string of the molecule is CC(C)C(C)C(C)C1CCCO1. The van der Waals surface area contributed by atoms with Crippen LogP contribution >= 0.6 is 0 Å². The largest absolute Gasteiger partial charge is 0.378 e. The Bertz CT molecular complexity index is 123. The molecule has 1 aliphatic heterocycles. The van der Waals surface area contributed by atoms with Crippen LogP contribution in [0.4, 0.5) is 0 Å². The maximum atomic E-state index is 5.69. The van der Waals surface area contributed by atoms with E-state index < -0.39 is 0 Å². The zero-order valence-electron chi connectivity index (χ0n) is 8.84. The quantitative estimate of drug-likeness (QED) is 0.632. The van der Waals surface area contributed by atoms with E-state index in [9.17, 15) is 0 Å². The predicted octanol–water partition coefficient (Wildman–Crippen LogP) is 3.09. The van der Waals surface area contributed by atoms with Gasteiger partial charge in [-0.25, -0.2) is 0 Å². The van der Waals surface area contributed by atoms with Crippen molar-refractivity contribution in [3.8, 4) is 0 Å². The summed E-state index contributed by atoms with van der Waals surface area (Å²) in [6.45, 7) is 10.3. The minimum atomic E-state index is 0.544. The monoisotopic (exact) mass is 170 g/mol. The topological polar surface area (TPSA) is 9.23 Å². The van der Waals surface area contributed by atoms with Crippen molar-refractivity contribution < 1.29 is 4.74 Å². The molecule has 1 saturated heterocycles. The summed E-state index contributed by atoms with van der Waals surface area (Å²) in [5.41, 5.74) is 0. The highest BCUT2D eigenvalue weighted by Crippen LogP contribution is 2.29. The molecule has 0 aromatic carbocycles. The second-order valence-corrected chi connectivity index (χ2v) is 4.51. The molecule has 3 unspecified atom stereocenters. The molecule has 0 radical (unpaired) electrons. The summed E-state index contributed by atoms with van der Waals surface area (Å²) in [5.74, 6) is 2.30. The summed E-state index contributed by atoms with van der Waals surface area (Å²) in [6, 6.07) is 0. The van der Waals surface area contributed by atoms with Crippen LogP contribution in [-0.2, 0) is 4.74 Å². The van der Waals surface area contributed by atoms with Crippen LogP contribution < -0.4 is 0 Å². The predicted molar refractivity (Wildman–Crippen MR) is 52.1 cm³/mol. The van der Waals surface area contributed by atoms with Gasteiger partial charge in [0.05, 0.1) is 6.10 Å². The molecule has 1 rings (SSSR count). The highest BCUT2D eigenvalue weighted by atomic mass is 16.5. The molecule has 0 bridgehead atoms. The van der Waals surface area contributed by atoms with Crippen LogP contribution in [0.3, 0.4) is 0 Å². The molecule has 1 nitrogen and oxygen atoms in total. The minimum Gasteiger partial charge on any atom is -0.378 e. The summed E-state index contributed by atoms with van der Waals surface area (Å²) in [4.78, 5) is 0. The summed E-state index contributed by atoms with van der Waals surface area (Å²) in [7, 11) is 0. The molecular formula is C11H22O. The van der Waals surface area contributed by atoms with E-state index in [4.69, 9.17) is 4.74 Å². The summed E-state index contributed by atoms with van der Waals surface area (Å²) in [5, 5.41) is 0. The van der Waals surface area contributed by atoms with Crippen molar-refractivity contribution >= 4 is 0 Å². The van der Waals surface area contributed by atoms with Crippen LogP contribution in [0.1, 0.15) is 40.5 Å². The maximum absolute atomic E-state index is 5.69. The van der Waals surface area contributed by atoms with Gasteiger partial charge in [0, 0.05) is 6.61 Å². The van der Waals surface area contributed by atoms with Gasteiger partial charge in [-0.1, -0.05) is 27.7 Å². The third-order valence-electron chi connectivity index (χ3n) is 3.43. The van der Waals surface area contributed by atoms with Crippen molar-refractivity contribution in [1.82, 2.24) is 0 Å². The first-order chi connectivity index (χ1) is 5.63. The van der Waals surface area contributed by atoms with Gasteiger partial charge in [0.1, 0.15) is 0 Å². The standard InChI is InChI=1S/C11H22O/c1-8(2)9(3)10(4)11-6-5-7-12-11/h8-11H,5-7H2,1-4H3. The van der Waals surface area contributed by atoms with Gasteiger partial charge >= 0.3 is 0 Å². The Morgan fingerprint density at radius 2 is 1.83 bits per heavy atom. The number of ether oxygens (including phenoxy) is 1. The zero-order chi connectivity index (χ0) is 9.14. The van der Waals surface area contributed by atoms with E-state index in [2.05, 4.69) is 27.7 Å². The van der Waals surface area contributed by atoms with Crippen LogP contribution in [-0.4, -0.2) is 12.7 Å². The van der Waals surface area contributed by atoms with Gasteiger partial charge in [-0.3, -0.25) is 0 Å². The first kappa shape index (κ1) is 10.0. The van der Waals surface area contributed by atoms with Crippen LogP contribution in [0, 0.1) is 17.8 Å². The molecule has 1 heteroatoms. The van der Waals surface area contributed by atoms with Crippen LogP contribution in [0.15, 0.2) is 0 Å². The molecule has 1 aliphatic rings. The molecule has 0 saturated carbocycles. The lowest BCUT2D eigenvalue weighted by Gasteiger charge is -2.27. The maximum Gasteiger partial charge on any atom is 0.0604 e. The van der Waals surface area contributed by atoms with Crippen molar-refractivity contribution in [2.24, 2.45) is 17.8 Å². The third-order valence-corrected chi connectivity index (χ3v) is 3.43. The molecule has 0 amide bonds. The van der Waals surface area contributed by atoms with E-state index in [0.717, 1.165) is 24.4 Å². The molecule has 0 aliphatic carbocycles. The first-order valence-corrected chi connectivity index (χ1v) is 5.24. The summed E-state index contributed by atoms with van der Waals surface area (Å²) in [6.07, 6.45) is 3.08. The Morgan fingerprint density at radius 3 is 2.25 bits per heavy atom. The van der Waals surface area contributed by atoms with Gasteiger partial charge in [-0.05, 0) is 30.6 Å². The molecule has 0 aromatic heterocycles. The number of hydrogen-bond donors (Lipinski definition) is 0. The van der Waals surface area contributed by atoms with Gasteiger partial charge in [-0.2, -0.15) is 0 Å². The minimum absolute atomic E-state index is 0.544. The van der Waals surface area contributed by atoms with Gasteiger partial charge in [0.15, 0.2) is 0 Å². The summed E-state index contributed by atoms with van der Waals surface area (Å²) >= 11 is 0. The second-order valence-electron chi connectivity index (χ2n) is 4.51. The van der Waals surface area contributed by atoms with Gasteiger partial charge in [0.2, 0.25) is 0 Å². The van der Waals surface area contributed by atoms with Gasteiger partial charge < -0.3 is 4.74 Å². The lowest BCUT2D eigenvalue weighted by molar-refractivity contribution is 0.0395. The Labute approximate surface area is 76.5 Å². The van der Waals surface area contributed by atoms with E-state index >= 15 is 0 Å². The fraction of sp³-hybridized carbons (Fsp3) is 1.00. The van der Waals surface area contributed by atoms with Crippen LogP contribution in [0.25, 0.3) is 0 Å². The van der Waals surface area contributed by atoms with Gasteiger partial charge in [0.25, 0.3) is 0 Å². The van der Waals surface area contributed by atoms with Crippen molar-refractivity contribution in [2.75, 3.05) is 6.61 Å². The van der Waals surface area contributed by atoms with Crippen molar-refractivity contribution in [3.05, 3.63) is 0 Å². The van der Waals surface area contributed by atoms with Crippen molar-refractivity contribution in [1.29, 1.82) is 0 Å². The Balaban J connectivity index is 2.39. The average Bonchev–Trinajstić information content (AvgIpc) is 2.53. The van der Waals surface area contributed by atoms with E-state index in [1.165, 1.54) is 12.8 Å². The molecule has 12 heavy (non-hydrogen) atoms. The molecule has 3 atom stereocenters. The highest BCUT2D eigenvalue weighted by Gasteiger charge is 2.27. The third kappa shape index (κ3) is 2.22. The first-order valence-electron chi connectivity index (χ1n) is 5.24. The van der Waals surface area contributed by atoms with E-state index in [1.807, 2.05) is 0 Å². The van der Waals surface area contributed by atoms with E-state index in [0.29, 0.717) is 6.10 Å². The number of rotatable bonds is 3. The van der Waals surface area contributed by atoms with E-state index in [1.54, 1.807) is 0 Å². The lowest BCUT2D eigenvalue weighted by Crippen LogP contribution is -2.26. The van der Waals surface area contributed by atoms with Crippen molar-refractivity contribution in [2.45, 2.75) is 46.6 Å². The lowest BCUT2D eigenvalue weighted by atomic mass is 9.82. The smallest absolute Gasteiger partial charge is 0.0604 e.